The highest BCUT2D eigenvalue weighted by atomic mass is 127. The van der Waals surface area contributed by atoms with Crippen LogP contribution in [0.3, 0.4) is 0 Å². The van der Waals surface area contributed by atoms with Crippen LogP contribution in [-0.4, -0.2) is 64.4 Å². The lowest BCUT2D eigenvalue weighted by Gasteiger charge is -2.35. The van der Waals surface area contributed by atoms with Gasteiger partial charge in [0.1, 0.15) is 6.10 Å². The third kappa shape index (κ3) is 7.55. The molecule has 1 aliphatic rings. The quantitative estimate of drug-likeness (QED) is 0.254. The number of rotatable bonds is 7. The van der Waals surface area contributed by atoms with Crippen LogP contribution in [0, 0.1) is 6.92 Å². The summed E-state index contributed by atoms with van der Waals surface area (Å²) in [6.45, 7) is 9.30. The SMILES string of the molecule is CCNC(=NCCNS(=O)(=O)CC)N1CCOC(c2ccccc2C)C1.I. The van der Waals surface area contributed by atoms with E-state index in [-0.39, 0.29) is 35.8 Å². The predicted molar refractivity (Wildman–Crippen MR) is 120 cm³/mol. The van der Waals surface area contributed by atoms with E-state index in [9.17, 15) is 8.42 Å². The van der Waals surface area contributed by atoms with Gasteiger partial charge in [-0.15, -0.1) is 24.0 Å². The first-order valence-electron chi connectivity index (χ1n) is 9.14. The molecule has 0 aliphatic carbocycles. The van der Waals surface area contributed by atoms with Gasteiger partial charge in [-0.25, -0.2) is 13.1 Å². The molecule has 0 aromatic heterocycles. The summed E-state index contributed by atoms with van der Waals surface area (Å²) in [5.74, 6) is 0.878. The largest absolute Gasteiger partial charge is 0.370 e. The van der Waals surface area contributed by atoms with Crippen LogP contribution in [0.4, 0.5) is 0 Å². The predicted octanol–water partition coefficient (Wildman–Crippen LogP) is 1.89. The molecule has 0 spiro atoms. The fourth-order valence-electron chi connectivity index (χ4n) is 2.87. The minimum Gasteiger partial charge on any atom is -0.370 e. The Balaban J connectivity index is 0.00000364. The zero-order valence-electron chi connectivity index (χ0n) is 16.3. The second kappa shape index (κ2) is 11.8. The molecule has 0 saturated carbocycles. The summed E-state index contributed by atoms with van der Waals surface area (Å²) < 4.78 is 31.5. The van der Waals surface area contributed by atoms with Crippen LogP contribution in [0.5, 0.6) is 0 Å². The van der Waals surface area contributed by atoms with Gasteiger partial charge < -0.3 is 15.0 Å². The van der Waals surface area contributed by atoms with Gasteiger partial charge in [-0.05, 0) is 31.9 Å². The summed E-state index contributed by atoms with van der Waals surface area (Å²) in [7, 11) is -3.18. The number of nitrogens with zero attached hydrogens (tertiary/aromatic N) is 2. The molecule has 0 amide bonds. The summed E-state index contributed by atoms with van der Waals surface area (Å²) in [6.07, 6.45) is 0.00685. The minimum atomic E-state index is -3.18. The van der Waals surface area contributed by atoms with E-state index in [0.29, 0.717) is 19.7 Å². The smallest absolute Gasteiger partial charge is 0.211 e. The van der Waals surface area contributed by atoms with Gasteiger partial charge in [0, 0.05) is 19.6 Å². The Labute approximate surface area is 180 Å². The first-order chi connectivity index (χ1) is 12.5. The molecule has 1 saturated heterocycles. The topological polar surface area (TPSA) is 83.0 Å². The molecule has 9 heteroatoms. The number of aryl methyl sites for hydroxylation is 1. The van der Waals surface area contributed by atoms with Gasteiger partial charge in [0.2, 0.25) is 10.0 Å². The van der Waals surface area contributed by atoms with Gasteiger partial charge in [0.05, 0.1) is 25.4 Å². The molecule has 7 nitrogen and oxygen atoms in total. The van der Waals surface area contributed by atoms with Gasteiger partial charge in [0.25, 0.3) is 0 Å². The second-order valence-electron chi connectivity index (χ2n) is 6.20. The average Bonchev–Trinajstić information content (AvgIpc) is 2.65. The van der Waals surface area contributed by atoms with Crippen molar-refractivity contribution in [3.8, 4) is 0 Å². The number of hydrogen-bond donors (Lipinski definition) is 2. The highest BCUT2D eigenvalue weighted by Crippen LogP contribution is 2.24. The van der Waals surface area contributed by atoms with Gasteiger partial charge in [-0.2, -0.15) is 0 Å². The number of hydrogen-bond acceptors (Lipinski definition) is 4. The highest BCUT2D eigenvalue weighted by Gasteiger charge is 2.25. The average molecular weight is 510 g/mol. The molecule has 1 unspecified atom stereocenters. The van der Waals surface area contributed by atoms with E-state index in [2.05, 4.69) is 39.0 Å². The number of guanidine groups is 1. The summed E-state index contributed by atoms with van der Waals surface area (Å²) >= 11 is 0. The van der Waals surface area contributed by atoms with E-state index >= 15 is 0 Å². The number of benzene rings is 1. The van der Waals surface area contributed by atoms with Crippen LogP contribution in [0.25, 0.3) is 0 Å². The molecule has 27 heavy (non-hydrogen) atoms. The van der Waals surface area contributed by atoms with Crippen LogP contribution < -0.4 is 10.0 Å². The molecular weight excluding hydrogens is 479 g/mol. The number of sulfonamides is 1. The van der Waals surface area contributed by atoms with Crippen molar-refractivity contribution in [2.45, 2.75) is 26.9 Å². The summed E-state index contributed by atoms with van der Waals surface area (Å²) in [5, 5.41) is 3.29. The zero-order valence-corrected chi connectivity index (χ0v) is 19.4. The van der Waals surface area contributed by atoms with Crippen molar-refractivity contribution in [1.82, 2.24) is 14.9 Å². The standard InChI is InChI=1S/C18H30N4O3S.HI/c1-4-19-18(20-10-11-21-26(23,24)5-2)22-12-13-25-17(14-22)16-9-7-6-8-15(16)3;/h6-9,17,21H,4-5,10-14H2,1-3H3,(H,19,20);1H. The Hall–Kier alpha value is -0.910. The highest BCUT2D eigenvalue weighted by molar-refractivity contribution is 14.0. The summed E-state index contributed by atoms with van der Waals surface area (Å²) in [5.41, 5.74) is 2.42. The summed E-state index contributed by atoms with van der Waals surface area (Å²) in [6, 6.07) is 8.26. The van der Waals surface area contributed by atoms with E-state index in [1.54, 1.807) is 6.92 Å². The lowest BCUT2D eigenvalue weighted by atomic mass is 10.0. The molecule has 1 atom stereocenters. The van der Waals surface area contributed by atoms with E-state index < -0.39 is 10.0 Å². The Bertz CT molecular complexity index is 712. The second-order valence-corrected chi connectivity index (χ2v) is 8.29. The Morgan fingerprint density at radius 3 is 2.74 bits per heavy atom. The van der Waals surface area contributed by atoms with Gasteiger partial charge in [-0.1, -0.05) is 24.3 Å². The maximum absolute atomic E-state index is 11.5. The van der Waals surface area contributed by atoms with Gasteiger partial charge in [0.15, 0.2) is 5.96 Å². The van der Waals surface area contributed by atoms with Crippen molar-refractivity contribution in [2.75, 3.05) is 45.1 Å². The van der Waals surface area contributed by atoms with Crippen LogP contribution in [0.1, 0.15) is 31.1 Å². The lowest BCUT2D eigenvalue weighted by molar-refractivity contribution is -0.00832. The number of nitrogens with one attached hydrogen (secondary N) is 2. The molecule has 154 valence electrons. The first kappa shape index (κ1) is 24.1. The maximum atomic E-state index is 11.5. The first-order valence-corrected chi connectivity index (χ1v) is 10.8. The molecular formula is C18H31IN4O3S. The summed E-state index contributed by atoms with van der Waals surface area (Å²) in [4.78, 5) is 6.75. The van der Waals surface area contributed by atoms with Crippen LogP contribution in [0.2, 0.25) is 0 Å². The molecule has 2 N–H and O–H groups in total. The molecule has 1 fully saturated rings. The van der Waals surface area contributed by atoms with Gasteiger partial charge in [-0.3, -0.25) is 4.99 Å². The molecule has 0 bridgehead atoms. The molecule has 2 rings (SSSR count). The molecule has 0 radical (unpaired) electrons. The molecule has 1 aromatic rings. The van der Waals surface area contributed by atoms with Crippen LogP contribution in [0.15, 0.2) is 29.3 Å². The molecule has 1 aromatic carbocycles. The Morgan fingerprint density at radius 1 is 1.33 bits per heavy atom. The Morgan fingerprint density at radius 2 is 2.07 bits per heavy atom. The molecule has 1 heterocycles. The fraction of sp³-hybridized carbons (Fsp3) is 0.611. The van der Waals surface area contributed by atoms with Crippen molar-refractivity contribution >= 4 is 40.0 Å². The number of morpholine rings is 1. The van der Waals surface area contributed by atoms with Crippen molar-refractivity contribution in [2.24, 2.45) is 4.99 Å². The van der Waals surface area contributed by atoms with Crippen LogP contribution in [-0.2, 0) is 14.8 Å². The van der Waals surface area contributed by atoms with E-state index in [1.165, 1.54) is 11.1 Å². The third-order valence-electron chi connectivity index (χ3n) is 4.31. The number of halogens is 1. The number of aliphatic imine (C=N–C) groups is 1. The maximum Gasteiger partial charge on any atom is 0.211 e. The number of ether oxygens (including phenoxy) is 1. The van der Waals surface area contributed by atoms with Crippen molar-refractivity contribution < 1.29 is 13.2 Å². The monoisotopic (exact) mass is 510 g/mol. The zero-order chi connectivity index (χ0) is 19.0. The van der Waals surface area contributed by atoms with Crippen molar-refractivity contribution in [1.29, 1.82) is 0 Å². The van der Waals surface area contributed by atoms with Crippen molar-refractivity contribution in [3.05, 3.63) is 35.4 Å². The fourth-order valence-corrected chi connectivity index (χ4v) is 3.48. The van der Waals surface area contributed by atoms with Crippen molar-refractivity contribution in [3.63, 3.8) is 0 Å². The third-order valence-corrected chi connectivity index (χ3v) is 5.72. The normalized spacial score (nSPS) is 18.1. The lowest BCUT2D eigenvalue weighted by Crippen LogP contribution is -2.48. The van der Waals surface area contributed by atoms with E-state index in [1.807, 2.05) is 19.1 Å². The van der Waals surface area contributed by atoms with Crippen LogP contribution >= 0.6 is 24.0 Å². The van der Waals surface area contributed by atoms with E-state index in [4.69, 9.17) is 4.74 Å². The minimum absolute atomic E-state index is 0. The molecule has 1 aliphatic heterocycles. The Kier molecular flexibility index (Phi) is 10.6. The van der Waals surface area contributed by atoms with Gasteiger partial charge >= 0.3 is 0 Å². The van der Waals surface area contributed by atoms with E-state index in [0.717, 1.165) is 25.6 Å².